The lowest BCUT2D eigenvalue weighted by molar-refractivity contribution is -0.137. The minimum atomic E-state index is -0.849. The fourth-order valence-electron chi connectivity index (χ4n) is 1.72. The Morgan fingerprint density at radius 2 is 2.00 bits per heavy atom. The zero-order valence-electron chi connectivity index (χ0n) is 11.0. The minimum Gasteiger partial charge on any atom is -0.481 e. The molecule has 0 aliphatic rings. The van der Waals surface area contributed by atoms with Crippen LogP contribution in [-0.2, 0) is 4.79 Å². The monoisotopic (exact) mass is 266 g/mol. The smallest absolute Gasteiger partial charge is 0.303 e. The molecule has 0 atom stereocenters. The number of hydrogen-bond donors (Lipinski definition) is 2. The van der Waals surface area contributed by atoms with E-state index >= 15 is 0 Å². The molecule has 19 heavy (non-hydrogen) atoms. The number of carboxylic acids is 1. The van der Waals surface area contributed by atoms with Crippen LogP contribution in [0.15, 0.2) is 12.4 Å². The molecule has 1 aromatic heterocycles. The summed E-state index contributed by atoms with van der Waals surface area (Å²) in [5, 5.41) is 8.66. The van der Waals surface area contributed by atoms with Crippen LogP contribution >= 0.6 is 0 Å². The van der Waals surface area contributed by atoms with E-state index in [9.17, 15) is 9.59 Å². The van der Waals surface area contributed by atoms with Gasteiger partial charge in [0.15, 0.2) is 11.5 Å². The summed E-state index contributed by atoms with van der Waals surface area (Å²) in [6.07, 6.45) is 3.41. The van der Waals surface area contributed by atoms with Crippen LogP contribution in [0.1, 0.15) is 37.2 Å². The second-order valence-electron chi connectivity index (χ2n) is 4.38. The Morgan fingerprint density at radius 1 is 1.37 bits per heavy atom. The van der Waals surface area contributed by atoms with Crippen LogP contribution in [0.5, 0.6) is 0 Å². The molecule has 0 aromatic carbocycles. The first kappa shape index (κ1) is 14.9. The number of anilines is 1. The number of nitrogens with zero attached hydrogens (tertiary/aromatic N) is 3. The van der Waals surface area contributed by atoms with Crippen molar-refractivity contribution in [2.45, 2.75) is 32.7 Å². The van der Waals surface area contributed by atoms with E-state index in [1.807, 2.05) is 18.7 Å². The van der Waals surface area contributed by atoms with Gasteiger partial charge in [-0.15, -0.1) is 0 Å². The topological polar surface area (TPSA) is 109 Å². The van der Waals surface area contributed by atoms with Gasteiger partial charge in [-0.05, 0) is 20.3 Å². The molecule has 3 N–H and O–H groups in total. The van der Waals surface area contributed by atoms with Crippen molar-refractivity contribution in [2.75, 3.05) is 11.4 Å². The molecule has 0 saturated carbocycles. The molecule has 0 saturated heterocycles. The van der Waals surface area contributed by atoms with Crippen molar-refractivity contribution in [3.8, 4) is 0 Å². The molecule has 0 aliphatic heterocycles. The first-order chi connectivity index (χ1) is 8.93. The predicted molar refractivity (Wildman–Crippen MR) is 69.9 cm³/mol. The fourth-order valence-corrected chi connectivity index (χ4v) is 1.72. The number of aliphatic carboxylic acids is 1. The summed E-state index contributed by atoms with van der Waals surface area (Å²) in [5.74, 6) is -1.10. The van der Waals surface area contributed by atoms with E-state index < -0.39 is 11.9 Å². The number of carbonyl (C=O) groups excluding carboxylic acids is 1. The molecule has 0 spiro atoms. The van der Waals surface area contributed by atoms with Gasteiger partial charge < -0.3 is 15.7 Å². The lowest BCUT2D eigenvalue weighted by Crippen LogP contribution is -2.35. The third-order valence-corrected chi connectivity index (χ3v) is 2.60. The van der Waals surface area contributed by atoms with E-state index in [2.05, 4.69) is 9.97 Å². The van der Waals surface area contributed by atoms with Crippen LogP contribution in [0, 0.1) is 0 Å². The number of carboxylic acid groups (broad SMARTS) is 1. The maximum absolute atomic E-state index is 11.3. The summed E-state index contributed by atoms with van der Waals surface area (Å²) >= 11 is 0. The number of primary amides is 1. The van der Waals surface area contributed by atoms with Gasteiger partial charge in [-0.2, -0.15) is 0 Å². The van der Waals surface area contributed by atoms with Crippen LogP contribution in [0.2, 0.25) is 0 Å². The third kappa shape index (κ3) is 4.20. The zero-order valence-corrected chi connectivity index (χ0v) is 11.0. The fraction of sp³-hybridized carbons (Fsp3) is 0.500. The summed E-state index contributed by atoms with van der Waals surface area (Å²) in [7, 11) is 0. The van der Waals surface area contributed by atoms with Crippen LogP contribution in [0.4, 0.5) is 5.82 Å². The number of amides is 1. The van der Waals surface area contributed by atoms with Crippen molar-refractivity contribution in [1.29, 1.82) is 0 Å². The number of rotatable bonds is 7. The highest BCUT2D eigenvalue weighted by Crippen LogP contribution is 2.18. The van der Waals surface area contributed by atoms with E-state index in [0.717, 1.165) is 0 Å². The van der Waals surface area contributed by atoms with Crippen LogP contribution < -0.4 is 10.6 Å². The van der Waals surface area contributed by atoms with Crippen molar-refractivity contribution in [3.63, 3.8) is 0 Å². The summed E-state index contributed by atoms with van der Waals surface area (Å²) in [6.45, 7) is 4.34. The Kier molecular flexibility index (Phi) is 5.23. The van der Waals surface area contributed by atoms with E-state index in [1.54, 1.807) is 0 Å². The Balaban J connectivity index is 2.93. The van der Waals surface area contributed by atoms with E-state index in [4.69, 9.17) is 10.8 Å². The molecule has 0 aliphatic carbocycles. The average Bonchev–Trinajstić information content (AvgIpc) is 2.34. The molecule has 1 aromatic rings. The van der Waals surface area contributed by atoms with Crippen LogP contribution in [0.3, 0.4) is 0 Å². The number of aromatic nitrogens is 2. The Labute approximate surface area is 111 Å². The van der Waals surface area contributed by atoms with Gasteiger partial charge in [0.25, 0.3) is 5.91 Å². The molecule has 0 fully saturated rings. The quantitative estimate of drug-likeness (QED) is 0.750. The molecular formula is C12H18N4O3. The van der Waals surface area contributed by atoms with E-state index in [1.165, 1.54) is 12.4 Å². The molecule has 1 amide bonds. The third-order valence-electron chi connectivity index (χ3n) is 2.60. The van der Waals surface area contributed by atoms with Gasteiger partial charge in [-0.25, -0.2) is 9.97 Å². The summed E-state index contributed by atoms with van der Waals surface area (Å²) in [6, 6.07) is 0.0589. The number of carbonyl (C=O) groups is 2. The van der Waals surface area contributed by atoms with Crippen molar-refractivity contribution < 1.29 is 14.7 Å². The first-order valence-corrected chi connectivity index (χ1v) is 6.02. The van der Waals surface area contributed by atoms with Crippen LogP contribution in [-0.4, -0.2) is 39.5 Å². The molecule has 0 radical (unpaired) electrons. The molecule has 1 rings (SSSR count). The minimum absolute atomic E-state index is 0.0589. The Morgan fingerprint density at radius 3 is 2.53 bits per heavy atom. The van der Waals surface area contributed by atoms with Gasteiger partial charge >= 0.3 is 5.97 Å². The van der Waals surface area contributed by atoms with Gasteiger partial charge in [0.05, 0.1) is 0 Å². The van der Waals surface area contributed by atoms with Crippen molar-refractivity contribution in [1.82, 2.24) is 9.97 Å². The highest BCUT2D eigenvalue weighted by Gasteiger charge is 2.19. The van der Waals surface area contributed by atoms with Crippen molar-refractivity contribution >= 4 is 17.7 Å². The Bertz CT molecular complexity index is 462. The lowest BCUT2D eigenvalue weighted by atomic mass is 10.2. The molecule has 104 valence electrons. The van der Waals surface area contributed by atoms with Crippen LogP contribution in [0.25, 0.3) is 0 Å². The molecule has 0 unspecified atom stereocenters. The zero-order chi connectivity index (χ0) is 14.4. The summed E-state index contributed by atoms with van der Waals surface area (Å²) in [5.41, 5.74) is 5.37. The van der Waals surface area contributed by atoms with Gasteiger partial charge in [0.1, 0.15) is 0 Å². The summed E-state index contributed by atoms with van der Waals surface area (Å²) < 4.78 is 0. The first-order valence-electron chi connectivity index (χ1n) is 6.02. The number of hydrogen-bond acceptors (Lipinski definition) is 5. The summed E-state index contributed by atoms with van der Waals surface area (Å²) in [4.78, 5) is 31.8. The highest BCUT2D eigenvalue weighted by molar-refractivity contribution is 5.95. The highest BCUT2D eigenvalue weighted by atomic mass is 16.4. The molecule has 0 bridgehead atoms. The maximum Gasteiger partial charge on any atom is 0.303 e. The van der Waals surface area contributed by atoms with Crippen molar-refractivity contribution in [3.05, 3.63) is 18.1 Å². The predicted octanol–water partition coefficient (Wildman–Crippen LogP) is 0.655. The van der Waals surface area contributed by atoms with Gasteiger partial charge in [-0.1, -0.05) is 0 Å². The number of nitrogens with two attached hydrogens (primary N) is 1. The Hall–Kier alpha value is -2.18. The largest absolute Gasteiger partial charge is 0.481 e. The normalized spacial score (nSPS) is 10.5. The second-order valence-corrected chi connectivity index (χ2v) is 4.38. The van der Waals surface area contributed by atoms with E-state index in [-0.39, 0.29) is 18.2 Å². The van der Waals surface area contributed by atoms with Gasteiger partial charge in [0.2, 0.25) is 0 Å². The molecule has 7 heteroatoms. The second kappa shape index (κ2) is 6.67. The standard InChI is InChI=1S/C12H18N4O3/c1-8(2)16(7-3-4-9(17)18)12-10(11(13)19)14-5-6-15-12/h5-6,8H,3-4,7H2,1-2H3,(H2,13,19)(H,17,18). The molecule has 1 heterocycles. The molecule has 7 nitrogen and oxygen atoms in total. The average molecular weight is 266 g/mol. The molecular weight excluding hydrogens is 248 g/mol. The lowest BCUT2D eigenvalue weighted by Gasteiger charge is -2.28. The van der Waals surface area contributed by atoms with Gasteiger partial charge in [-0.3, -0.25) is 9.59 Å². The maximum atomic E-state index is 11.3. The van der Waals surface area contributed by atoms with Crippen molar-refractivity contribution in [2.24, 2.45) is 5.73 Å². The SMILES string of the molecule is CC(C)N(CCCC(=O)O)c1nccnc1C(N)=O. The van der Waals surface area contributed by atoms with E-state index in [0.29, 0.717) is 18.8 Å². The van der Waals surface area contributed by atoms with Gasteiger partial charge in [0, 0.05) is 31.4 Å².